The smallest absolute Gasteiger partial charge is 0.550 e. The van der Waals surface area contributed by atoms with Crippen molar-refractivity contribution < 1.29 is 101 Å². The van der Waals surface area contributed by atoms with Crippen molar-refractivity contribution in [1.29, 1.82) is 0 Å². The molecule has 0 amide bonds. The molecule has 0 aliphatic carbocycles. The van der Waals surface area contributed by atoms with Gasteiger partial charge in [0.05, 0.1) is 0 Å². The monoisotopic (exact) mass is 348 g/mol. The predicted octanol–water partition coefficient (Wildman–Crippen LogP) is -4.09. The van der Waals surface area contributed by atoms with Crippen molar-refractivity contribution in [2.75, 3.05) is 0 Å². The average molecular weight is 348 g/mol. The van der Waals surface area contributed by atoms with Crippen LogP contribution < -0.4 is 91.2 Å². The van der Waals surface area contributed by atoms with E-state index in [1.54, 1.807) is 0 Å². The second-order valence-electron chi connectivity index (χ2n) is 5.13. The molecular weight excluding hydrogens is 318 g/mol. The third kappa shape index (κ3) is 19.6. The van der Waals surface area contributed by atoms with Crippen molar-refractivity contribution >= 4 is 11.9 Å². The van der Waals surface area contributed by atoms with Crippen LogP contribution in [0.1, 0.15) is 79.1 Å². The van der Waals surface area contributed by atoms with Gasteiger partial charge in [0.15, 0.2) is 0 Å². The van der Waals surface area contributed by atoms with Crippen molar-refractivity contribution in [1.82, 2.24) is 0 Å². The van der Waals surface area contributed by atoms with E-state index >= 15 is 0 Å². The van der Waals surface area contributed by atoms with Crippen LogP contribution in [0, 0.1) is 11.8 Å². The zero-order valence-electron chi connectivity index (χ0n) is 15.4. The van der Waals surface area contributed by atoms with E-state index in [0.29, 0.717) is 12.8 Å². The van der Waals surface area contributed by atoms with Crippen LogP contribution in [0.25, 0.3) is 0 Å². The molecule has 0 spiro atoms. The largest absolute Gasteiger partial charge is 1.00 e. The molecule has 0 fully saturated rings. The van der Waals surface area contributed by atoms with Gasteiger partial charge in [0.25, 0.3) is 0 Å². The minimum atomic E-state index is -0.893. The summed E-state index contributed by atoms with van der Waals surface area (Å²) in [6.45, 7) is 7.89. The summed E-state index contributed by atoms with van der Waals surface area (Å²) in [5, 5.41) is 20.7. The second-order valence-corrected chi connectivity index (χ2v) is 5.13. The van der Waals surface area contributed by atoms with Crippen LogP contribution in [-0.2, 0) is 9.59 Å². The van der Waals surface area contributed by atoms with E-state index in [1.807, 2.05) is 13.8 Å². The van der Waals surface area contributed by atoms with Gasteiger partial charge in [0.1, 0.15) is 0 Å². The summed E-state index contributed by atoms with van der Waals surface area (Å²) in [7, 11) is 0. The van der Waals surface area contributed by atoms with Crippen LogP contribution in [0.15, 0.2) is 0 Å². The molecule has 0 aromatic carbocycles. The summed E-state index contributed by atoms with van der Waals surface area (Å²) in [6.07, 6.45) is 7.04. The van der Waals surface area contributed by atoms with Gasteiger partial charge in [-0.2, -0.15) is 0 Å². The molecule has 2 atom stereocenters. The average Bonchev–Trinajstić information content (AvgIpc) is 2.40. The molecule has 0 saturated carbocycles. The molecule has 0 aliphatic heterocycles. The minimum absolute atomic E-state index is 0. The van der Waals surface area contributed by atoms with Gasteiger partial charge >= 0.3 is 80.9 Å². The van der Waals surface area contributed by atoms with Crippen molar-refractivity contribution in [3.8, 4) is 0 Å². The number of carboxylic acid groups (broad SMARTS) is 2. The third-order valence-corrected chi connectivity index (χ3v) is 3.46. The molecule has 0 aromatic rings. The maximum atomic E-state index is 10.3. The number of hydrogen-bond donors (Lipinski definition) is 0. The molecule has 4 nitrogen and oxygen atoms in total. The Hall–Kier alpha value is 1.58. The Morgan fingerprint density at radius 2 is 1.05 bits per heavy atom. The van der Waals surface area contributed by atoms with E-state index in [0.717, 1.165) is 38.5 Å². The van der Waals surface area contributed by atoms with Crippen molar-refractivity contribution in [2.45, 2.75) is 79.1 Å². The molecular formula is C16H30KNaO4. The SMILES string of the molecule is CCCCC(CC)C(=O)[O-].CCCCC(CC)C(=O)[O-].[K+].[Na+]. The van der Waals surface area contributed by atoms with Crippen LogP contribution in [-0.4, -0.2) is 11.9 Å². The van der Waals surface area contributed by atoms with Crippen molar-refractivity contribution in [2.24, 2.45) is 11.8 Å². The van der Waals surface area contributed by atoms with Gasteiger partial charge in [-0.25, -0.2) is 0 Å². The van der Waals surface area contributed by atoms with Crippen LogP contribution in [0.3, 0.4) is 0 Å². The zero-order valence-corrected chi connectivity index (χ0v) is 20.6. The summed E-state index contributed by atoms with van der Waals surface area (Å²) >= 11 is 0. The summed E-state index contributed by atoms with van der Waals surface area (Å²) < 4.78 is 0. The molecule has 22 heavy (non-hydrogen) atoms. The number of rotatable bonds is 10. The number of unbranched alkanes of at least 4 members (excludes halogenated alkanes) is 2. The van der Waals surface area contributed by atoms with E-state index in [1.165, 1.54) is 0 Å². The summed E-state index contributed by atoms with van der Waals surface area (Å²) in [5.74, 6) is -2.23. The van der Waals surface area contributed by atoms with Crippen molar-refractivity contribution in [3.05, 3.63) is 0 Å². The number of carbonyl (C=O) groups is 2. The minimum Gasteiger partial charge on any atom is -0.550 e. The maximum absolute atomic E-state index is 10.3. The standard InChI is InChI=1S/2C8H16O2.K.Na/c2*1-3-5-6-7(4-2)8(9)10;;/h2*7H,3-6H2,1-2H3,(H,9,10);;/q;;2*+1/p-2. The van der Waals surface area contributed by atoms with E-state index < -0.39 is 11.9 Å². The van der Waals surface area contributed by atoms with Gasteiger partial charge in [-0.1, -0.05) is 53.4 Å². The molecule has 0 aromatic heterocycles. The molecule has 0 saturated heterocycles. The first-order chi connectivity index (χ1) is 9.44. The fourth-order valence-corrected chi connectivity index (χ4v) is 1.88. The molecule has 6 heteroatoms. The van der Waals surface area contributed by atoms with Gasteiger partial charge in [-0.3, -0.25) is 0 Å². The molecule has 0 heterocycles. The quantitative estimate of drug-likeness (QED) is 0.376. The van der Waals surface area contributed by atoms with Crippen LogP contribution in [0.4, 0.5) is 0 Å². The Kier molecular flexibility index (Phi) is 32.2. The van der Waals surface area contributed by atoms with E-state index in [9.17, 15) is 19.8 Å². The summed E-state index contributed by atoms with van der Waals surface area (Å²) in [4.78, 5) is 20.7. The van der Waals surface area contributed by atoms with Gasteiger partial charge in [-0.15, -0.1) is 0 Å². The van der Waals surface area contributed by atoms with Crippen molar-refractivity contribution in [3.63, 3.8) is 0 Å². The maximum Gasteiger partial charge on any atom is 1.00 e. The molecule has 0 aliphatic rings. The number of hydrogen-bond acceptors (Lipinski definition) is 4. The van der Waals surface area contributed by atoms with Gasteiger partial charge < -0.3 is 19.8 Å². The normalized spacial score (nSPS) is 11.8. The van der Waals surface area contributed by atoms with E-state index in [4.69, 9.17) is 0 Å². The molecule has 2 unspecified atom stereocenters. The first kappa shape index (κ1) is 31.4. The summed E-state index contributed by atoms with van der Waals surface area (Å²) in [5.41, 5.74) is 0. The van der Waals surface area contributed by atoms with Crippen LogP contribution in [0.5, 0.6) is 0 Å². The zero-order chi connectivity index (χ0) is 16.0. The fraction of sp³-hybridized carbons (Fsp3) is 0.875. The first-order valence-corrected chi connectivity index (χ1v) is 7.86. The first-order valence-electron chi connectivity index (χ1n) is 7.86. The third-order valence-electron chi connectivity index (χ3n) is 3.46. The Balaban J connectivity index is -0.000000135. The van der Waals surface area contributed by atoms with E-state index in [2.05, 4.69) is 13.8 Å². The van der Waals surface area contributed by atoms with Gasteiger partial charge in [0.2, 0.25) is 0 Å². The number of carbonyl (C=O) groups excluding carboxylic acids is 2. The second kappa shape index (κ2) is 22.6. The van der Waals surface area contributed by atoms with Gasteiger partial charge in [0, 0.05) is 11.9 Å². The Labute approximate surface area is 200 Å². The fourth-order valence-electron chi connectivity index (χ4n) is 1.88. The molecule has 0 N–H and O–H groups in total. The predicted molar refractivity (Wildman–Crippen MR) is 76.6 cm³/mol. The topological polar surface area (TPSA) is 80.3 Å². The Bertz CT molecular complexity index is 237. The molecule has 0 radical (unpaired) electrons. The summed E-state index contributed by atoms with van der Waals surface area (Å²) in [6, 6.07) is 0. The molecule has 0 rings (SSSR count). The van der Waals surface area contributed by atoms with Gasteiger partial charge in [-0.05, 0) is 37.5 Å². The molecule has 0 bridgehead atoms. The number of carboxylic acids is 2. The van der Waals surface area contributed by atoms with Crippen LogP contribution in [0.2, 0.25) is 0 Å². The van der Waals surface area contributed by atoms with E-state index in [-0.39, 0.29) is 92.8 Å². The Morgan fingerprint density at radius 1 is 0.773 bits per heavy atom. The Morgan fingerprint density at radius 3 is 1.18 bits per heavy atom. The van der Waals surface area contributed by atoms with Crippen LogP contribution >= 0.6 is 0 Å². The number of aliphatic carboxylic acids is 2. The molecule has 120 valence electrons.